The maximum atomic E-state index is 12.5. The molecule has 0 saturated carbocycles. The van der Waals surface area contributed by atoms with Crippen LogP contribution in [0.3, 0.4) is 0 Å². The number of methoxy groups -OCH3 is 1. The standard InChI is InChI=1S/C20H18N2O4S/c1-26-18-9-5-8-17(14-18)22-27(24,25)19-12-10-16(11-13-19)21-20(23)15-6-3-2-4-7-15/h2-14,22H,1H3,(H,21,23). The minimum atomic E-state index is -3.75. The van der Waals surface area contributed by atoms with Gasteiger partial charge >= 0.3 is 0 Å². The molecule has 3 rings (SSSR count). The number of anilines is 2. The second kappa shape index (κ2) is 7.92. The number of carbonyl (C=O) groups excluding carboxylic acids is 1. The van der Waals surface area contributed by atoms with Gasteiger partial charge < -0.3 is 10.1 Å². The Kier molecular flexibility index (Phi) is 5.42. The van der Waals surface area contributed by atoms with Gasteiger partial charge in [0.1, 0.15) is 5.75 Å². The number of rotatable bonds is 6. The fourth-order valence-electron chi connectivity index (χ4n) is 2.41. The summed E-state index contributed by atoms with van der Waals surface area (Å²) in [5.74, 6) is 0.287. The lowest BCUT2D eigenvalue weighted by atomic mass is 10.2. The van der Waals surface area contributed by atoms with Crippen LogP contribution >= 0.6 is 0 Å². The predicted molar refractivity (Wildman–Crippen MR) is 105 cm³/mol. The molecular formula is C20H18N2O4S. The highest BCUT2D eigenvalue weighted by Gasteiger charge is 2.15. The molecule has 0 aromatic heterocycles. The monoisotopic (exact) mass is 382 g/mol. The number of ether oxygens (including phenoxy) is 1. The number of nitrogens with one attached hydrogen (secondary N) is 2. The van der Waals surface area contributed by atoms with Crippen LogP contribution in [0, 0.1) is 0 Å². The first-order valence-electron chi connectivity index (χ1n) is 8.11. The molecule has 0 heterocycles. The Labute approximate surface area is 157 Å². The summed E-state index contributed by atoms with van der Waals surface area (Å²) in [5.41, 5.74) is 1.42. The van der Waals surface area contributed by atoms with E-state index in [0.717, 1.165) is 0 Å². The number of amides is 1. The molecule has 0 bridgehead atoms. The summed E-state index contributed by atoms with van der Waals surface area (Å²) >= 11 is 0. The molecule has 0 spiro atoms. The van der Waals surface area contributed by atoms with Crippen LogP contribution in [0.4, 0.5) is 11.4 Å². The highest BCUT2D eigenvalue weighted by Crippen LogP contribution is 2.21. The van der Waals surface area contributed by atoms with Crippen molar-refractivity contribution in [3.63, 3.8) is 0 Å². The second-order valence-corrected chi connectivity index (χ2v) is 7.36. The van der Waals surface area contributed by atoms with E-state index in [2.05, 4.69) is 10.0 Å². The van der Waals surface area contributed by atoms with Crippen molar-refractivity contribution in [1.29, 1.82) is 0 Å². The fraction of sp³-hybridized carbons (Fsp3) is 0.0500. The lowest BCUT2D eigenvalue weighted by molar-refractivity contribution is 0.102. The Morgan fingerprint density at radius 2 is 1.56 bits per heavy atom. The lowest BCUT2D eigenvalue weighted by Crippen LogP contribution is -2.14. The van der Waals surface area contributed by atoms with Crippen LogP contribution in [0.2, 0.25) is 0 Å². The third-order valence-corrected chi connectivity index (χ3v) is 5.18. The molecule has 3 aromatic carbocycles. The predicted octanol–water partition coefficient (Wildman–Crippen LogP) is 3.75. The van der Waals surface area contributed by atoms with Crippen molar-refractivity contribution in [3.05, 3.63) is 84.4 Å². The Bertz CT molecular complexity index is 1030. The second-order valence-electron chi connectivity index (χ2n) is 5.68. The van der Waals surface area contributed by atoms with Gasteiger partial charge in [0.25, 0.3) is 15.9 Å². The summed E-state index contributed by atoms with van der Waals surface area (Å²) in [6.45, 7) is 0. The largest absolute Gasteiger partial charge is 0.497 e. The first-order chi connectivity index (χ1) is 13.0. The third-order valence-electron chi connectivity index (χ3n) is 3.78. The third kappa shape index (κ3) is 4.65. The molecule has 0 aliphatic rings. The van der Waals surface area contributed by atoms with Crippen molar-refractivity contribution in [1.82, 2.24) is 0 Å². The minimum Gasteiger partial charge on any atom is -0.497 e. The molecule has 0 atom stereocenters. The summed E-state index contributed by atoms with van der Waals surface area (Å²) in [4.78, 5) is 12.2. The van der Waals surface area contributed by atoms with Gasteiger partial charge in [-0.3, -0.25) is 9.52 Å². The van der Waals surface area contributed by atoms with Gasteiger partial charge in [-0.05, 0) is 48.5 Å². The van der Waals surface area contributed by atoms with Gasteiger partial charge in [0.05, 0.1) is 17.7 Å². The van der Waals surface area contributed by atoms with Crippen LogP contribution in [0.1, 0.15) is 10.4 Å². The number of benzene rings is 3. The van der Waals surface area contributed by atoms with Crippen LogP contribution in [0.5, 0.6) is 5.75 Å². The number of hydrogen-bond acceptors (Lipinski definition) is 4. The summed E-state index contributed by atoms with van der Waals surface area (Å²) in [7, 11) is -2.24. The van der Waals surface area contributed by atoms with Crippen LogP contribution < -0.4 is 14.8 Å². The van der Waals surface area contributed by atoms with Gasteiger partial charge in [0, 0.05) is 17.3 Å². The molecule has 0 fully saturated rings. The number of sulfonamides is 1. The van der Waals surface area contributed by atoms with Crippen LogP contribution in [-0.2, 0) is 10.0 Å². The molecule has 6 nitrogen and oxygen atoms in total. The maximum Gasteiger partial charge on any atom is 0.261 e. The smallest absolute Gasteiger partial charge is 0.261 e. The molecular weight excluding hydrogens is 364 g/mol. The molecule has 0 aliphatic heterocycles. The summed E-state index contributed by atoms with van der Waals surface area (Å²) < 4.78 is 32.6. The Morgan fingerprint density at radius 3 is 2.22 bits per heavy atom. The van der Waals surface area contributed by atoms with Gasteiger partial charge in [0.2, 0.25) is 0 Å². The van der Waals surface area contributed by atoms with Gasteiger partial charge in [-0.1, -0.05) is 24.3 Å². The van der Waals surface area contributed by atoms with Crippen molar-refractivity contribution in [3.8, 4) is 5.75 Å². The first kappa shape index (κ1) is 18.5. The Balaban J connectivity index is 1.73. The normalized spacial score (nSPS) is 10.9. The molecule has 0 radical (unpaired) electrons. The average molecular weight is 382 g/mol. The van der Waals surface area contributed by atoms with Crippen LogP contribution in [0.25, 0.3) is 0 Å². The fourth-order valence-corrected chi connectivity index (χ4v) is 3.46. The van der Waals surface area contributed by atoms with Gasteiger partial charge in [-0.25, -0.2) is 8.42 Å². The zero-order valence-electron chi connectivity index (χ0n) is 14.5. The van der Waals surface area contributed by atoms with E-state index in [1.54, 1.807) is 60.7 Å². The zero-order valence-corrected chi connectivity index (χ0v) is 15.4. The van der Waals surface area contributed by atoms with E-state index in [4.69, 9.17) is 4.74 Å². The van der Waals surface area contributed by atoms with Crippen molar-refractivity contribution in [2.24, 2.45) is 0 Å². The molecule has 27 heavy (non-hydrogen) atoms. The summed E-state index contributed by atoms with van der Waals surface area (Å²) in [6.07, 6.45) is 0. The Morgan fingerprint density at radius 1 is 0.852 bits per heavy atom. The maximum absolute atomic E-state index is 12.5. The van der Waals surface area contributed by atoms with Crippen LogP contribution in [0.15, 0.2) is 83.8 Å². The lowest BCUT2D eigenvalue weighted by Gasteiger charge is -2.10. The van der Waals surface area contributed by atoms with Crippen molar-refractivity contribution >= 4 is 27.3 Å². The Hall–Kier alpha value is -3.32. The molecule has 0 unspecified atom stereocenters. The highest BCUT2D eigenvalue weighted by atomic mass is 32.2. The van der Waals surface area contributed by atoms with E-state index in [-0.39, 0.29) is 10.8 Å². The highest BCUT2D eigenvalue weighted by molar-refractivity contribution is 7.92. The number of carbonyl (C=O) groups is 1. The molecule has 1 amide bonds. The number of hydrogen-bond donors (Lipinski definition) is 2. The topological polar surface area (TPSA) is 84.5 Å². The van der Waals surface area contributed by atoms with Crippen molar-refractivity contribution < 1.29 is 17.9 Å². The van der Waals surface area contributed by atoms with E-state index >= 15 is 0 Å². The quantitative estimate of drug-likeness (QED) is 0.680. The van der Waals surface area contributed by atoms with Gasteiger partial charge in [-0.15, -0.1) is 0 Å². The van der Waals surface area contributed by atoms with Crippen molar-refractivity contribution in [2.75, 3.05) is 17.1 Å². The average Bonchev–Trinajstić information content (AvgIpc) is 2.69. The minimum absolute atomic E-state index is 0.0861. The van der Waals surface area contributed by atoms with Gasteiger partial charge in [-0.2, -0.15) is 0 Å². The molecule has 0 saturated heterocycles. The van der Waals surface area contributed by atoms with E-state index in [9.17, 15) is 13.2 Å². The van der Waals surface area contributed by atoms with Crippen LogP contribution in [-0.4, -0.2) is 21.4 Å². The summed E-state index contributed by atoms with van der Waals surface area (Å²) in [6, 6.07) is 21.4. The van der Waals surface area contributed by atoms with E-state index in [1.807, 2.05) is 6.07 Å². The first-order valence-corrected chi connectivity index (χ1v) is 9.59. The van der Waals surface area contributed by atoms with E-state index in [1.165, 1.54) is 19.2 Å². The molecule has 7 heteroatoms. The van der Waals surface area contributed by atoms with Crippen molar-refractivity contribution in [2.45, 2.75) is 4.90 Å². The zero-order chi connectivity index (χ0) is 19.3. The molecule has 138 valence electrons. The SMILES string of the molecule is COc1cccc(NS(=O)(=O)c2ccc(NC(=O)c3ccccc3)cc2)c1. The van der Waals surface area contributed by atoms with E-state index < -0.39 is 10.0 Å². The molecule has 0 aliphatic carbocycles. The molecule has 3 aromatic rings. The molecule has 2 N–H and O–H groups in total. The van der Waals surface area contributed by atoms with E-state index in [0.29, 0.717) is 22.7 Å². The van der Waals surface area contributed by atoms with Gasteiger partial charge in [0.15, 0.2) is 0 Å². The summed E-state index contributed by atoms with van der Waals surface area (Å²) in [5, 5.41) is 2.73.